The lowest BCUT2D eigenvalue weighted by Gasteiger charge is -2.13. The fraction of sp³-hybridized carbons (Fsp3) is 0.467. The second-order valence-electron chi connectivity index (χ2n) is 5.65. The predicted octanol–water partition coefficient (Wildman–Crippen LogP) is 1.40. The molecule has 23 heavy (non-hydrogen) atoms. The molecule has 0 radical (unpaired) electrons. The van der Waals surface area contributed by atoms with Crippen molar-refractivity contribution in [3.05, 3.63) is 45.1 Å². The predicted molar refractivity (Wildman–Crippen MR) is 89.8 cm³/mol. The second kappa shape index (κ2) is 6.59. The van der Waals surface area contributed by atoms with Crippen molar-refractivity contribution in [3.63, 3.8) is 0 Å². The minimum Gasteiger partial charge on any atom is -0.307 e. The van der Waals surface area contributed by atoms with Crippen molar-refractivity contribution < 1.29 is 0 Å². The maximum absolute atomic E-state index is 12.1. The first-order valence-electron chi connectivity index (χ1n) is 7.66. The first kappa shape index (κ1) is 15.8. The number of nitrogens with zero attached hydrogens (tertiary/aromatic N) is 5. The van der Waals surface area contributed by atoms with Crippen LogP contribution in [-0.4, -0.2) is 30.4 Å². The van der Waals surface area contributed by atoms with Crippen LogP contribution in [0.3, 0.4) is 0 Å². The van der Waals surface area contributed by atoms with Crippen molar-refractivity contribution in [3.8, 4) is 0 Å². The number of hydrogen-bond donors (Lipinski definition) is 1. The van der Waals surface area contributed by atoms with Gasteiger partial charge in [-0.3, -0.25) is 9.48 Å². The van der Waals surface area contributed by atoms with Crippen LogP contribution in [0.15, 0.2) is 23.3 Å². The van der Waals surface area contributed by atoms with Gasteiger partial charge in [-0.15, -0.1) is 0 Å². The Morgan fingerprint density at radius 3 is 2.96 bits per heavy atom. The van der Waals surface area contributed by atoms with E-state index in [4.69, 9.17) is 0 Å². The van der Waals surface area contributed by atoms with Crippen LogP contribution in [0.1, 0.15) is 30.1 Å². The van der Waals surface area contributed by atoms with E-state index in [9.17, 15) is 4.79 Å². The van der Waals surface area contributed by atoms with Crippen LogP contribution < -0.4 is 10.9 Å². The Morgan fingerprint density at radius 1 is 1.43 bits per heavy atom. The van der Waals surface area contributed by atoms with Crippen LogP contribution in [-0.2, 0) is 19.5 Å². The Hall–Kier alpha value is -2.06. The SMILES string of the molecule is CCc1nn2c(=O)cc(CNC(C)Cn3cc(C)cn3)nc2s1. The van der Waals surface area contributed by atoms with Crippen LogP contribution >= 0.6 is 11.3 Å². The molecule has 1 unspecified atom stereocenters. The van der Waals surface area contributed by atoms with Crippen LogP contribution in [0.2, 0.25) is 0 Å². The summed E-state index contributed by atoms with van der Waals surface area (Å²) < 4.78 is 3.29. The lowest BCUT2D eigenvalue weighted by Crippen LogP contribution is -2.31. The van der Waals surface area contributed by atoms with Crippen LogP contribution in [0.4, 0.5) is 0 Å². The molecule has 8 heteroatoms. The van der Waals surface area contributed by atoms with Crippen molar-refractivity contribution in [2.45, 2.75) is 46.3 Å². The Kier molecular flexibility index (Phi) is 4.53. The van der Waals surface area contributed by atoms with Gasteiger partial charge < -0.3 is 5.32 Å². The molecule has 0 saturated heterocycles. The monoisotopic (exact) mass is 332 g/mol. The van der Waals surface area contributed by atoms with E-state index in [-0.39, 0.29) is 11.6 Å². The summed E-state index contributed by atoms with van der Waals surface area (Å²) in [5.74, 6) is 0. The topological polar surface area (TPSA) is 77.1 Å². The fourth-order valence-corrected chi connectivity index (χ4v) is 3.18. The van der Waals surface area contributed by atoms with Gasteiger partial charge in [-0.05, 0) is 25.8 Å². The maximum Gasteiger partial charge on any atom is 0.275 e. The number of nitrogens with one attached hydrogen (secondary N) is 1. The maximum atomic E-state index is 12.1. The molecule has 3 rings (SSSR count). The van der Waals surface area contributed by atoms with Gasteiger partial charge >= 0.3 is 0 Å². The zero-order valence-electron chi connectivity index (χ0n) is 13.5. The molecule has 0 aliphatic rings. The lowest BCUT2D eigenvalue weighted by atomic mass is 10.3. The second-order valence-corrected chi connectivity index (χ2v) is 6.69. The van der Waals surface area contributed by atoms with Gasteiger partial charge in [-0.25, -0.2) is 4.98 Å². The van der Waals surface area contributed by atoms with Gasteiger partial charge in [0.2, 0.25) is 4.96 Å². The number of aromatic nitrogens is 5. The van der Waals surface area contributed by atoms with E-state index in [2.05, 4.69) is 27.4 Å². The Morgan fingerprint density at radius 2 is 2.26 bits per heavy atom. The van der Waals surface area contributed by atoms with Crippen molar-refractivity contribution in [1.29, 1.82) is 0 Å². The molecule has 1 N–H and O–H groups in total. The molecule has 0 fully saturated rings. The molecule has 0 aliphatic heterocycles. The molecular weight excluding hydrogens is 312 g/mol. The Bertz CT molecular complexity index is 864. The summed E-state index contributed by atoms with van der Waals surface area (Å²) in [5.41, 5.74) is 1.76. The standard InChI is InChI=1S/C15H20N6OS/c1-4-13-19-21-14(22)5-12(18-15(21)23-13)7-16-11(3)9-20-8-10(2)6-17-20/h5-6,8,11,16H,4,7,9H2,1-3H3. The van der Waals surface area contributed by atoms with Crippen molar-refractivity contribution in [2.75, 3.05) is 0 Å². The molecule has 0 aromatic carbocycles. The summed E-state index contributed by atoms with van der Waals surface area (Å²) >= 11 is 1.46. The van der Waals surface area contributed by atoms with Gasteiger partial charge in [-0.1, -0.05) is 18.3 Å². The number of rotatable bonds is 6. The normalized spacial score (nSPS) is 12.8. The molecule has 3 aromatic rings. The molecule has 0 spiro atoms. The van der Waals surface area contributed by atoms with E-state index in [1.54, 1.807) is 6.07 Å². The molecule has 7 nitrogen and oxygen atoms in total. The van der Waals surface area contributed by atoms with Gasteiger partial charge in [-0.2, -0.15) is 14.7 Å². The van der Waals surface area contributed by atoms with Crippen molar-refractivity contribution in [1.82, 2.24) is 29.7 Å². The third-order valence-corrected chi connectivity index (χ3v) is 4.55. The molecule has 0 bridgehead atoms. The summed E-state index contributed by atoms with van der Waals surface area (Å²) in [6, 6.07) is 1.77. The Labute approximate surface area is 138 Å². The Balaban J connectivity index is 1.67. The van der Waals surface area contributed by atoms with Gasteiger partial charge in [0.15, 0.2) is 0 Å². The molecule has 0 aliphatic carbocycles. The molecule has 122 valence electrons. The van der Waals surface area contributed by atoms with Crippen molar-refractivity contribution >= 4 is 16.3 Å². The third kappa shape index (κ3) is 3.65. The van der Waals surface area contributed by atoms with E-state index < -0.39 is 0 Å². The van der Waals surface area contributed by atoms with Crippen LogP contribution in [0, 0.1) is 6.92 Å². The number of aryl methyl sites for hydroxylation is 2. The third-order valence-electron chi connectivity index (χ3n) is 3.50. The minimum absolute atomic E-state index is 0.127. The minimum atomic E-state index is -0.127. The smallest absolute Gasteiger partial charge is 0.275 e. The number of hydrogen-bond acceptors (Lipinski definition) is 6. The highest BCUT2D eigenvalue weighted by atomic mass is 32.1. The molecular formula is C15H20N6OS. The highest BCUT2D eigenvalue weighted by Crippen LogP contribution is 2.11. The zero-order valence-corrected chi connectivity index (χ0v) is 14.3. The first-order chi connectivity index (χ1) is 11.0. The largest absolute Gasteiger partial charge is 0.307 e. The molecule has 0 amide bonds. The van der Waals surface area contributed by atoms with E-state index in [1.165, 1.54) is 15.9 Å². The number of fused-ring (bicyclic) bond motifs is 1. The summed E-state index contributed by atoms with van der Waals surface area (Å²) in [4.78, 5) is 17.3. The van der Waals surface area contributed by atoms with E-state index >= 15 is 0 Å². The summed E-state index contributed by atoms with van der Waals surface area (Å²) in [6.07, 6.45) is 4.66. The molecule has 3 aromatic heterocycles. The molecule has 3 heterocycles. The summed E-state index contributed by atoms with van der Waals surface area (Å²) in [5, 5.41) is 12.8. The lowest BCUT2D eigenvalue weighted by molar-refractivity contribution is 0.448. The average molecular weight is 332 g/mol. The highest BCUT2D eigenvalue weighted by molar-refractivity contribution is 7.16. The van der Waals surface area contributed by atoms with E-state index in [0.29, 0.717) is 11.5 Å². The summed E-state index contributed by atoms with van der Waals surface area (Å²) in [6.45, 7) is 7.45. The van der Waals surface area contributed by atoms with Gasteiger partial charge in [0.1, 0.15) is 5.01 Å². The van der Waals surface area contributed by atoms with Gasteiger partial charge in [0.25, 0.3) is 5.56 Å². The molecule has 1 atom stereocenters. The first-order valence-corrected chi connectivity index (χ1v) is 8.48. The van der Waals surface area contributed by atoms with Crippen molar-refractivity contribution in [2.24, 2.45) is 0 Å². The average Bonchev–Trinajstić information content (AvgIpc) is 3.11. The van der Waals surface area contributed by atoms with Crippen LogP contribution in [0.25, 0.3) is 4.96 Å². The fourth-order valence-electron chi connectivity index (χ4n) is 2.32. The van der Waals surface area contributed by atoms with Gasteiger partial charge in [0.05, 0.1) is 18.4 Å². The molecule has 0 saturated carbocycles. The zero-order chi connectivity index (χ0) is 16.4. The van der Waals surface area contributed by atoms with Gasteiger partial charge in [0, 0.05) is 24.8 Å². The van der Waals surface area contributed by atoms with Crippen LogP contribution in [0.5, 0.6) is 0 Å². The highest BCUT2D eigenvalue weighted by Gasteiger charge is 2.09. The summed E-state index contributed by atoms with van der Waals surface area (Å²) in [7, 11) is 0. The van der Waals surface area contributed by atoms with E-state index in [0.717, 1.165) is 29.2 Å². The quantitative estimate of drug-likeness (QED) is 0.738. The van der Waals surface area contributed by atoms with E-state index in [1.807, 2.05) is 30.9 Å².